The Hall–Kier alpha value is -2.82. The summed E-state index contributed by atoms with van der Waals surface area (Å²) in [6.45, 7) is 0.349. The van der Waals surface area contributed by atoms with E-state index in [1.807, 2.05) is 42.5 Å². The summed E-state index contributed by atoms with van der Waals surface area (Å²) in [5.74, 6) is 0. The van der Waals surface area contributed by atoms with Crippen molar-refractivity contribution in [2.75, 3.05) is 17.2 Å². The lowest BCUT2D eigenvalue weighted by molar-refractivity contribution is 0.203. The molecule has 106 valence electrons. The molecule has 0 bridgehead atoms. The quantitative estimate of drug-likeness (QED) is 0.842. The first-order valence-electron chi connectivity index (χ1n) is 6.76. The predicted octanol–water partition coefficient (Wildman–Crippen LogP) is 3.31. The topological polar surface area (TPSA) is 61.4 Å². The molecular weight excluding hydrogens is 266 g/mol. The Morgan fingerprint density at radius 3 is 2.57 bits per heavy atom. The zero-order valence-electron chi connectivity index (χ0n) is 11.4. The Kier molecular flexibility index (Phi) is 3.55. The van der Waals surface area contributed by atoms with Crippen LogP contribution >= 0.6 is 0 Å². The van der Waals surface area contributed by atoms with Gasteiger partial charge in [0.15, 0.2) is 0 Å². The second kappa shape index (κ2) is 5.66. The van der Waals surface area contributed by atoms with Crippen LogP contribution in [-0.2, 0) is 6.42 Å². The highest BCUT2D eigenvalue weighted by atomic mass is 16.2. The maximum absolute atomic E-state index is 12.2. The fourth-order valence-electron chi connectivity index (χ4n) is 2.28. The lowest BCUT2D eigenvalue weighted by atomic mass is 10.1. The molecule has 2 aromatic rings. The average Bonchev–Trinajstić information content (AvgIpc) is 2.66. The highest BCUT2D eigenvalue weighted by molar-refractivity contribution is 6.05. The number of nitrogens with one attached hydrogen (secondary N) is 2. The van der Waals surface area contributed by atoms with E-state index in [0.29, 0.717) is 18.7 Å². The molecule has 0 atom stereocenters. The number of carbonyl (C=O) groups excluding carboxylic acids is 2. The van der Waals surface area contributed by atoms with Crippen LogP contribution in [0.3, 0.4) is 0 Å². The minimum absolute atomic E-state index is 0.349. The van der Waals surface area contributed by atoms with Gasteiger partial charge in [0.1, 0.15) is 0 Å². The molecule has 0 unspecified atom stereocenters. The van der Waals surface area contributed by atoms with Crippen molar-refractivity contribution in [2.24, 2.45) is 0 Å². The first-order chi connectivity index (χ1) is 10.2. The number of rotatable bonds is 1. The second-order valence-corrected chi connectivity index (χ2v) is 4.79. The molecule has 3 rings (SSSR count). The molecule has 5 nitrogen and oxygen atoms in total. The number of anilines is 2. The number of nitrogens with zero attached hydrogens (tertiary/aromatic N) is 1. The Labute approximate surface area is 122 Å². The normalized spacial score (nSPS) is 13.9. The van der Waals surface area contributed by atoms with Crippen LogP contribution in [0.4, 0.5) is 21.0 Å². The van der Waals surface area contributed by atoms with Gasteiger partial charge in [-0.3, -0.25) is 0 Å². The summed E-state index contributed by atoms with van der Waals surface area (Å²) in [7, 11) is 0. The number of benzene rings is 2. The molecule has 0 radical (unpaired) electrons. The summed E-state index contributed by atoms with van der Waals surface area (Å²) in [6, 6.07) is 15.8. The maximum atomic E-state index is 12.2. The molecule has 1 aliphatic rings. The van der Waals surface area contributed by atoms with E-state index in [9.17, 15) is 9.59 Å². The molecule has 21 heavy (non-hydrogen) atoms. The largest absolute Gasteiger partial charge is 0.330 e. The summed E-state index contributed by atoms with van der Waals surface area (Å²) < 4.78 is 0. The first-order valence-corrected chi connectivity index (χ1v) is 6.76. The van der Waals surface area contributed by atoms with Crippen LogP contribution < -0.4 is 10.6 Å². The number of fused-ring (bicyclic) bond motifs is 1. The third-order valence-corrected chi connectivity index (χ3v) is 3.38. The third-order valence-electron chi connectivity index (χ3n) is 3.38. The van der Waals surface area contributed by atoms with Gasteiger partial charge in [0, 0.05) is 17.9 Å². The van der Waals surface area contributed by atoms with Crippen molar-refractivity contribution in [1.82, 2.24) is 4.90 Å². The third kappa shape index (κ3) is 2.86. The zero-order chi connectivity index (χ0) is 14.7. The minimum atomic E-state index is -0.425. The minimum Gasteiger partial charge on any atom is -0.307 e. The van der Waals surface area contributed by atoms with Crippen molar-refractivity contribution in [2.45, 2.75) is 6.42 Å². The average molecular weight is 281 g/mol. The fraction of sp³-hybridized carbons (Fsp3) is 0.125. The van der Waals surface area contributed by atoms with Crippen LogP contribution in [0.25, 0.3) is 0 Å². The smallest absolute Gasteiger partial charge is 0.307 e. The van der Waals surface area contributed by atoms with Gasteiger partial charge in [0.05, 0.1) is 0 Å². The number of para-hydroxylation sites is 2. The number of hydrogen-bond donors (Lipinski definition) is 2. The van der Waals surface area contributed by atoms with Crippen molar-refractivity contribution >= 4 is 23.4 Å². The van der Waals surface area contributed by atoms with E-state index in [4.69, 9.17) is 0 Å². The molecule has 1 heterocycles. The fourth-order valence-corrected chi connectivity index (χ4v) is 2.28. The summed E-state index contributed by atoms with van der Waals surface area (Å²) in [5.41, 5.74) is 2.45. The lowest BCUT2D eigenvalue weighted by Gasteiger charge is -2.18. The Morgan fingerprint density at radius 2 is 1.76 bits per heavy atom. The van der Waals surface area contributed by atoms with Crippen molar-refractivity contribution in [3.8, 4) is 0 Å². The van der Waals surface area contributed by atoms with Crippen molar-refractivity contribution in [1.29, 1.82) is 0 Å². The van der Waals surface area contributed by atoms with E-state index in [2.05, 4.69) is 10.6 Å². The summed E-state index contributed by atoms with van der Waals surface area (Å²) in [6.07, 6.45) is 0.636. The van der Waals surface area contributed by atoms with Gasteiger partial charge in [-0.15, -0.1) is 0 Å². The molecule has 0 saturated heterocycles. The number of carbonyl (C=O) groups is 2. The van der Waals surface area contributed by atoms with E-state index in [-0.39, 0.29) is 0 Å². The van der Waals surface area contributed by atoms with E-state index < -0.39 is 12.1 Å². The molecule has 0 aliphatic carbocycles. The van der Waals surface area contributed by atoms with Gasteiger partial charge in [-0.25, -0.2) is 14.5 Å². The standard InChI is InChI=1S/C16H15N3O2/c20-15(17-13-7-2-1-3-8-13)19-11-10-12-6-4-5-9-14(12)18-16(19)21/h1-9H,10-11H2,(H,17,20)(H,18,21). The van der Waals surface area contributed by atoms with Crippen LogP contribution in [0.15, 0.2) is 54.6 Å². The van der Waals surface area contributed by atoms with Crippen molar-refractivity contribution in [3.05, 3.63) is 60.2 Å². The van der Waals surface area contributed by atoms with Crippen LogP contribution in [0.2, 0.25) is 0 Å². The first kappa shape index (κ1) is 13.2. The Balaban J connectivity index is 1.75. The molecule has 1 aliphatic heterocycles. The predicted molar refractivity (Wildman–Crippen MR) is 81.3 cm³/mol. The molecule has 0 aromatic heterocycles. The highest BCUT2D eigenvalue weighted by Gasteiger charge is 2.25. The number of urea groups is 2. The van der Waals surface area contributed by atoms with E-state index >= 15 is 0 Å². The lowest BCUT2D eigenvalue weighted by Crippen LogP contribution is -2.42. The monoisotopic (exact) mass is 281 g/mol. The van der Waals surface area contributed by atoms with Gasteiger partial charge in [-0.2, -0.15) is 0 Å². The van der Waals surface area contributed by atoms with Crippen molar-refractivity contribution in [3.63, 3.8) is 0 Å². The van der Waals surface area contributed by atoms with E-state index in [1.165, 1.54) is 4.90 Å². The Bertz CT molecular complexity index is 670. The molecule has 5 heteroatoms. The molecular formula is C16H15N3O2. The second-order valence-electron chi connectivity index (χ2n) is 4.79. The zero-order valence-corrected chi connectivity index (χ0v) is 11.4. The molecule has 4 amide bonds. The molecule has 0 fully saturated rings. The molecule has 0 spiro atoms. The van der Waals surface area contributed by atoms with Gasteiger partial charge in [-0.1, -0.05) is 36.4 Å². The summed E-state index contributed by atoms with van der Waals surface area (Å²) in [5, 5.41) is 5.49. The highest BCUT2D eigenvalue weighted by Crippen LogP contribution is 2.20. The maximum Gasteiger partial charge on any atom is 0.330 e. The van der Waals surface area contributed by atoms with Gasteiger partial charge < -0.3 is 10.6 Å². The van der Waals surface area contributed by atoms with Gasteiger partial charge >= 0.3 is 12.1 Å². The van der Waals surface area contributed by atoms with Crippen LogP contribution in [0.1, 0.15) is 5.56 Å². The van der Waals surface area contributed by atoms with E-state index in [1.54, 1.807) is 12.1 Å². The molecule has 2 aromatic carbocycles. The van der Waals surface area contributed by atoms with Crippen molar-refractivity contribution < 1.29 is 9.59 Å². The van der Waals surface area contributed by atoms with Gasteiger partial charge in [0.2, 0.25) is 0 Å². The number of imide groups is 1. The van der Waals surface area contributed by atoms with Crippen LogP contribution in [0.5, 0.6) is 0 Å². The van der Waals surface area contributed by atoms with Gasteiger partial charge in [-0.05, 0) is 30.2 Å². The van der Waals surface area contributed by atoms with Crippen LogP contribution in [0, 0.1) is 0 Å². The summed E-state index contributed by atoms with van der Waals surface area (Å²) >= 11 is 0. The molecule has 2 N–H and O–H groups in total. The molecule has 0 saturated carbocycles. The number of amides is 4. The number of hydrogen-bond acceptors (Lipinski definition) is 2. The van der Waals surface area contributed by atoms with Gasteiger partial charge in [0.25, 0.3) is 0 Å². The van der Waals surface area contributed by atoms with Crippen LogP contribution in [-0.4, -0.2) is 23.5 Å². The summed E-state index contributed by atoms with van der Waals surface area (Å²) in [4.78, 5) is 25.6. The SMILES string of the molecule is O=C(Nc1ccccc1)N1CCc2ccccc2NC1=O. The Morgan fingerprint density at radius 1 is 1.05 bits per heavy atom. The van der Waals surface area contributed by atoms with E-state index in [0.717, 1.165) is 11.3 Å².